The lowest BCUT2D eigenvalue weighted by molar-refractivity contribution is 0.0557. The molecule has 2 aromatic carbocycles. The first-order valence-electron chi connectivity index (χ1n) is 7.56. The maximum absolute atomic E-state index is 13.8. The topological polar surface area (TPSA) is 57.5 Å². The molecule has 0 radical (unpaired) electrons. The Morgan fingerprint density at radius 2 is 1.76 bits per heavy atom. The number of hydrogen-bond acceptors (Lipinski definition) is 2. The highest BCUT2D eigenvalue weighted by Gasteiger charge is 2.51. The van der Waals surface area contributed by atoms with Crippen LogP contribution in [0.3, 0.4) is 0 Å². The van der Waals surface area contributed by atoms with E-state index in [0.717, 1.165) is 30.2 Å². The number of halogens is 3. The van der Waals surface area contributed by atoms with E-state index in [2.05, 4.69) is 28.1 Å². The lowest BCUT2D eigenvalue weighted by Gasteiger charge is -2.19. The average Bonchev–Trinajstić information content (AvgIpc) is 2.54. The van der Waals surface area contributed by atoms with Crippen LogP contribution in [0.15, 0.2) is 53.0 Å². The van der Waals surface area contributed by atoms with Gasteiger partial charge in [0.1, 0.15) is 0 Å². The zero-order valence-electron chi connectivity index (χ0n) is 13.2. The number of thioether (sulfide) groups is 1. The molecule has 0 saturated heterocycles. The van der Waals surface area contributed by atoms with Gasteiger partial charge in [-0.25, -0.2) is 0 Å². The Bertz CT molecular complexity index is 753. The molecule has 8 heteroatoms. The third kappa shape index (κ3) is 5.63. The Hall–Kier alpha value is -0.720. The third-order valence-electron chi connectivity index (χ3n) is 3.59. The number of alkyl halides is 2. The minimum Gasteiger partial charge on any atom is -0.320 e. The van der Waals surface area contributed by atoms with Crippen molar-refractivity contribution < 1.29 is 23.1 Å². The molecule has 0 heterocycles. The maximum atomic E-state index is 13.8. The van der Waals surface area contributed by atoms with Crippen molar-refractivity contribution in [1.82, 2.24) is 0 Å². The monoisotopic (exact) mass is 450 g/mol. The molecular weight excluding hydrogens is 433 g/mol. The molecule has 0 spiro atoms. The van der Waals surface area contributed by atoms with Gasteiger partial charge >= 0.3 is 13.3 Å². The van der Waals surface area contributed by atoms with Crippen molar-refractivity contribution in [3.05, 3.63) is 69.7 Å². The van der Waals surface area contributed by atoms with Crippen LogP contribution in [0, 0.1) is 0 Å². The van der Waals surface area contributed by atoms with Gasteiger partial charge in [0, 0.05) is 15.8 Å². The van der Waals surface area contributed by atoms with Crippen LogP contribution in [0.1, 0.15) is 23.1 Å². The molecule has 0 bridgehead atoms. The standard InChI is InChI=1S/C17H18BrF2O3PS/c18-16-11-14(8-9-15(16)17(19,20)24(21,22)23)12-25-10-4-7-13-5-2-1-3-6-13/h1-3,5-6,8-9,11H,4,7,10,12H2,(H2,21,22,23). The van der Waals surface area contributed by atoms with E-state index in [0.29, 0.717) is 5.75 Å². The molecular formula is C17H18BrF2O3PS. The fourth-order valence-electron chi connectivity index (χ4n) is 2.26. The lowest BCUT2D eigenvalue weighted by Crippen LogP contribution is -2.14. The molecule has 0 fully saturated rings. The fraction of sp³-hybridized carbons (Fsp3) is 0.294. The van der Waals surface area contributed by atoms with E-state index in [1.165, 1.54) is 17.7 Å². The quantitative estimate of drug-likeness (QED) is 0.409. The number of benzene rings is 2. The summed E-state index contributed by atoms with van der Waals surface area (Å²) in [4.78, 5) is 17.6. The molecule has 2 rings (SSSR count). The Morgan fingerprint density at radius 3 is 2.36 bits per heavy atom. The Labute approximate surface area is 158 Å². The third-order valence-corrected chi connectivity index (χ3v) is 6.33. The SMILES string of the molecule is O=P(O)(O)C(F)(F)c1ccc(CSCCCc2ccccc2)cc1Br. The molecule has 2 aromatic rings. The lowest BCUT2D eigenvalue weighted by atomic mass is 10.1. The van der Waals surface area contributed by atoms with Gasteiger partial charge in [0.05, 0.1) is 0 Å². The summed E-state index contributed by atoms with van der Waals surface area (Å²) >= 11 is 4.69. The van der Waals surface area contributed by atoms with Gasteiger partial charge in [0.2, 0.25) is 0 Å². The zero-order chi connectivity index (χ0) is 18.5. The summed E-state index contributed by atoms with van der Waals surface area (Å²) in [6, 6.07) is 14.2. The molecule has 0 aliphatic rings. The minimum absolute atomic E-state index is 0.00297. The van der Waals surface area contributed by atoms with Crippen molar-refractivity contribution >= 4 is 35.3 Å². The van der Waals surface area contributed by atoms with Crippen LogP contribution in [-0.2, 0) is 22.4 Å². The van der Waals surface area contributed by atoms with Crippen LogP contribution in [-0.4, -0.2) is 15.5 Å². The summed E-state index contributed by atoms with van der Waals surface area (Å²) in [5.74, 6) is 1.59. The van der Waals surface area contributed by atoms with Crippen molar-refractivity contribution in [2.75, 3.05) is 5.75 Å². The molecule has 0 atom stereocenters. The first-order valence-corrected chi connectivity index (χ1v) is 11.1. The van der Waals surface area contributed by atoms with Gasteiger partial charge in [-0.1, -0.05) is 58.4 Å². The second kappa shape index (κ2) is 8.78. The molecule has 0 saturated carbocycles. The van der Waals surface area contributed by atoms with Crippen molar-refractivity contribution in [2.24, 2.45) is 0 Å². The van der Waals surface area contributed by atoms with Gasteiger partial charge in [0.25, 0.3) is 0 Å². The molecule has 2 N–H and O–H groups in total. The van der Waals surface area contributed by atoms with Crippen molar-refractivity contribution in [3.8, 4) is 0 Å². The molecule has 0 amide bonds. The summed E-state index contributed by atoms with van der Waals surface area (Å²) < 4.78 is 38.5. The molecule has 0 aliphatic carbocycles. The summed E-state index contributed by atoms with van der Waals surface area (Å²) in [5, 5.41) is 0. The summed E-state index contributed by atoms with van der Waals surface area (Å²) in [6.07, 6.45) is 2.01. The molecule has 0 unspecified atom stereocenters. The Kier molecular flexibility index (Phi) is 7.23. The second-order valence-electron chi connectivity index (χ2n) is 5.54. The van der Waals surface area contributed by atoms with Crippen LogP contribution >= 0.6 is 35.3 Å². The summed E-state index contributed by atoms with van der Waals surface area (Å²) in [6.45, 7) is 0. The Balaban J connectivity index is 1.88. The van der Waals surface area contributed by atoms with Crippen molar-refractivity contribution in [3.63, 3.8) is 0 Å². The summed E-state index contributed by atoms with van der Waals surface area (Å²) in [7, 11) is -5.56. The minimum atomic E-state index is -5.56. The average molecular weight is 451 g/mol. The van der Waals surface area contributed by atoms with E-state index in [4.69, 9.17) is 9.79 Å². The van der Waals surface area contributed by atoms with Crippen LogP contribution in [0.25, 0.3) is 0 Å². The first-order chi connectivity index (χ1) is 11.7. The van der Waals surface area contributed by atoms with E-state index >= 15 is 0 Å². The van der Waals surface area contributed by atoms with Crippen LogP contribution < -0.4 is 0 Å². The molecule has 0 aromatic heterocycles. The predicted octanol–water partition coefficient (Wildman–Crippen LogP) is 5.54. The van der Waals surface area contributed by atoms with E-state index < -0.39 is 18.8 Å². The van der Waals surface area contributed by atoms with Crippen molar-refractivity contribution in [2.45, 2.75) is 24.3 Å². The maximum Gasteiger partial charge on any atom is 0.399 e. The second-order valence-corrected chi connectivity index (χ2v) is 9.15. The van der Waals surface area contributed by atoms with Crippen molar-refractivity contribution in [1.29, 1.82) is 0 Å². The van der Waals surface area contributed by atoms with Gasteiger partial charge in [-0.05, 0) is 35.8 Å². The largest absolute Gasteiger partial charge is 0.399 e. The normalized spacial score (nSPS) is 12.4. The zero-order valence-corrected chi connectivity index (χ0v) is 16.5. The predicted molar refractivity (Wildman–Crippen MR) is 101 cm³/mol. The van der Waals surface area contributed by atoms with Gasteiger partial charge in [-0.15, -0.1) is 0 Å². The van der Waals surface area contributed by atoms with Gasteiger partial charge in [0.15, 0.2) is 0 Å². The molecule has 0 aliphatic heterocycles. The highest BCUT2D eigenvalue weighted by Crippen LogP contribution is 2.60. The highest BCUT2D eigenvalue weighted by atomic mass is 79.9. The number of aryl methyl sites for hydroxylation is 1. The number of rotatable bonds is 8. The van der Waals surface area contributed by atoms with Crippen LogP contribution in [0.2, 0.25) is 0 Å². The smallest absolute Gasteiger partial charge is 0.320 e. The summed E-state index contributed by atoms with van der Waals surface area (Å²) in [5.41, 5.74) is -2.79. The number of hydrogen-bond donors (Lipinski definition) is 2. The van der Waals surface area contributed by atoms with E-state index in [9.17, 15) is 13.3 Å². The van der Waals surface area contributed by atoms with E-state index in [-0.39, 0.29) is 4.47 Å². The molecule has 3 nitrogen and oxygen atoms in total. The van der Waals surface area contributed by atoms with Crippen LogP contribution in [0.5, 0.6) is 0 Å². The van der Waals surface area contributed by atoms with Gasteiger partial charge < -0.3 is 9.79 Å². The van der Waals surface area contributed by atoms with Gasteiger partial charge in [-0.3, -0.25) is 4.57 Å². The molecule has 136 valence electrons. The highest BCUT2D eigenvalue weighted by molar-refractivity contribution is 9.10. The first kappa shape index (κ1) is 20.6. The van der Waals surface area contributed by atoms with Crippen LogP contribution in [0.4, 0.5) is 8.78 Å². The van der Waals surface area contributed by atoms with E-state index in [1.807, 2.05) is 18.2 Å². The fourth-order valence-corrected chi connectivity index (χ4v) is 4.51. The van der Waals surface area contributed by atoms with E-state index in [1.54, 1.807) is 11.8 Å². The Morgan fingerprint density at radius 1 is 1.08 bits per heavy atom. The molecule has 25 heavy (non-hydrogen) atoms. The van der Waals surface area contributed by atoms with Gasteiger partial charge in [-0.2, -0.15) is 20.5 Å².